The number of ether oxygens (including phenoxy) is 1. The Kier molecular flexibility index (Phi) is 5.97. The summed E-state index contributed by atoms with van der Waals surface area (Å²) in [5.41, 5.74) is -0.00411. The van der Waals surface area contributed by atoms with E-state index < -0.39 is 0 Å². The Hall–Kier alpha value is -1.21. The summed E-state index contributed by atoms with van der Waals surface area (Å²) in [5, 5.41) is 13.1. The van der Waals surface area contributed by atoms with Crippen molar-refractivity contribution < 1.29 is 9.53 Å². The number of aromatic nitrogens is 2. The molecule has 2 heterocycles. The number of urea groups is 1. The second-order valence-corrected chi connectivity index (χ2v) is 8.56. The van der Waals surface area contributed by atoms with Crippen molar-refractivity contribution in [2.75, 3.05) is 19.7 Å². The van der Waals surface area contributed by atoms with Gasteiger partial charge in [0, 0.05) is 25.1 Å². The second-order valence-electron chi connectivity index (χ2n) is 7.49. The van der Waals surface area contributed by atoms with Crippen molar-refractivity contribution in [2.24, 2.45) is 5.92 Å². The van der Waals surface area contributed by atoms with E-state index in [0.29, 0.717) is 19.0 Å². The first-order chi connectivity index (χ1) is 10.8. The normalized spacial score (nSPS) is 18.7. The summed E-state index contributed by atoms with van der Waals surface area (Å²) in [6.07, 6.45) is 1.07. The molecule has 0 saturated carbocycles. The molecule has 0 aromatic carbocycles. The van der Waals surface area contributed by atoms with E-state index in [2.05, 4.69) is 50.1 Å². The smallest absolute Gasteiger partial charge is 0.317 e. The fraction of sp³-hybridized carbons (Fsp3) is 0.812. The Bertz CT molecular complexity index is 524. The molecule has 1 N–H and O–H groups in total. The van der Waals surface area contributed by atoms with Gasteiger partial charge in [-0.3, -0.25) is 0 Å². The van der Waals surface area contributed by atoms with Crippen LogP contribution in [0.5, 0.6) is 0 Å². The van der Waals surface area contributed by atoms with Crippen LogP contribution in [-0.4, -0.2) is 46.9 Å². The highest BCUT2D eigenvalue weighted by molar-refractivity contribution is 7.11. The first-order valence-electron chi connectivity index (χ1n) is 8.23. The molecule has 0 aliphatic carbocycles. The predicted molar refractivity (Wildman–Crippen MR) is 91.6 cm³/mol. The van der Waals surface area contributed by atoms with Gasteiger partial charge in [0.2, 0.25) is 0 Å². The lowest BCUT2D eigenvalue weighted by atomic mass is 9.98. The average Bonchev–Trinajstić information content (AvgIpc) is 3.11. The molecule has 1 atom stereocenters. The summed E-state index contributed by atoms with van der Waals surface area (Å²) in [5.74, 6) is 0.521. The number of likely N-dealkylation sites (tertiary alicyclic amines) is 1. The van der Waals surface area contributed by atoms with Gasteiger partial charge in [0.15, 0.2) is 0 Å². The minimum absolute atomic E-state index is 0.00411. The highest BCUT2D eigenvalue weighted by atomic mass is 32.1. The maximum absolute atomic E-state index is 12.2. The third-order valence-electron chi connectivity index (χ3n) is 3.60. The maximum Gasteiger partial charge on any atom is 0.317 e. The van der Waals surface area contributed by atoms with Crippen molar-refractivity contribution >= 4 is 17.4 Å². The Morgan fingerprint density at radius 1 is 1.43 bits per heavy atom. The predicted octanol–water partition coefficient (Wildman–Crippen LogP) is 2.79. The van der Waals surface area contributed by atoms with Gasteiger partial charge < -0.3 is 15.0 Å². The van der Waals surface area contributed by atoms with Gasteiger partial charge >= 0.3 is 6.03 Å². The highest BCUT2D eigenvalue weighted by Crippen LogP contribution is 2.25. The van der Waals surface area contributed by atoms with Crippen molar-refractivity contribution in [3.8, 4) is 0 Å². The SMILES string of the molecule is CC(C)COC1CCN(C(=O)NCc2nnc(C(C)(C)C)s2)C1. The van der Waals surface area contributed by atoms with E-state index in [0.717, 1.165) is 29.6 Å². The Balaban J connectivity index is 1.76. The minimum atomic E-state index is -0.0480. The van der Waals surface area contributed by atoms with Gasteiger partial charge in [0.25, 0.3) is 0 Å². The first-order valence-corrected chi connectivity index (χ1v) is 9.04. The molecule has 0 bridgehead atoms. The minimum Gasteiger partial charge on any atom is -0.376 e. The van der Waals surface area contributed by atoms with Gasteiger partial charge in [0.05, 0.1) is 12.6 Å². The molecular formula is C16H28N4O2S. The molecule has 7 heteroatoms. The van der Waals surface area contributed by atoms with Crippen LogP contribution in [0.1, 0.15) is 51.1 Å². The first kappa shape index (κ1) is 18.1. The molecule has 1 saturated heterocycles. The van der Waals surface area contributed by atoms with Crippen molar-refractivity contribution in [3.05, 3.63) is 10.0 Å². The van der Waals surface area contributed by atoms with Crippen LogP contribution in [0.25, 0.3) is 0 Å². The lowest BCUT2D eigenvalue weighted by Gasteiger charge is -2.17. The number of carbonyl (C=O) groups excluding carboxylic acids is 1. The molecule has 1 aromatic rings. The van der Waals surface area contributed by atoms with Crippen molar-refractivity contribution in [1.82, 2.24) is 20.4 Å². The molecular weight excluding hydrogens is 312 g/mol. The number of amides is 2. The lowest BCUT2D eigenvalue weighted by molar-refractivity contribution is 0.0436. The molecule has 1 aromatic heterocycles. The van der Waals surface area contributed by atoms with Crippen molar-refractivity contribution in [3.63, 3.8) is 0 Å². The zero-order chi connectivity index (χ0) is 17.0. The summed E-state index contributed by atoms with van der Waals surface area (Å²) < 4.78 is 5.81. The zero-order valence-corrected chi connectivity index (χ0v) is 15.6. The van der Waals surface area contributed by atoms with Crippen LogP contribution in [0.2, 0.25) is 0 Å². The largest absolute Gasteiger partial charge is 0.376 e. The molecule has 23 heavy (non-hydrogen) atoms. The average molecular weight is 340 g/mol. The van der Waals surface area contributed by atoms with Crippen LogP contribution < -0.4 is 5.32 Å². The summed E-state index contributed by atoms with van der Waals surface area (Å²) in [7, 11) is 0. The van der Waals surface area contributed by atoms with Crippen LogP contribution >= 0.6 is 11.3 Å². The Labute approximate surface area is 142 Å². The van der Waals surface area contributed by atoms with E-state index in [1.165, 1.54) is 0 Å². The van der Waals surface area contributed by atoms with Crippen LogP contribution in [0.15, 0.2) is 0 Å². The standard InChI is InChI=1S/C16H28N4O2S/c1-11(2)10-22-12-6-7-20(9-12)15(21)17-8-13-18-19-14(23-13)16(3,4)5/h11-12H,6-10H2,1-5H3,(H,17,21). The van der Waals surface area contributed by atoms with Crippen LogP contribution in [0.3, 0.4) is 0 Å². The fourth-order valence-corrected chi connectivity index (χ4v) is 3.11. The molecule has 0 radical (unpaired) electrons. The molecule has 130 valence electrons. The fourth-order valence-electron chi connectivity index (χ4n) is 2.27. The van der Waals surface area contributed by atoms with E-state index >= 15 is 0 Å². The van der Waals surface area contributed by atoms with Gasteiger partial charge in [-0.2, -0.15) is 0 Å². The molecule has 1 fully saturated rings. The van der Waals surface area contributed by atoms with Crippen LogP contribution in [0.4, 0.5) is 4.79 Å². The molecule has 0 spiro atoms. The van der Waals surface area contributed by atoms with Gasteiger partial charge in [-0.15, -0.1) is 10.2 Å². The third kappa shape index (κ3) is 5.42. The lowest BCUT2D eigenvalue weighted by Crippen LogP contribution is -2.38. The quantitative estimate of drug-likeness (QED) is 0.895. The number of rotatable bonds is 5. The summed E-state index contributed by atoms with van der Waals surface area (Å²) in [6.45, 7) is 13.2. The third-order valence-corrected chi connectivity index (χ3v) is 4.95. The number of hydrogen-bond acceptors (Lipinski definition) is 5. The Morgan fingerprint density at radius 2 is 2.17 bits per heavy atom. The Morgan fingerprint density at radius 3 is 2.78 bits per heavy atom. The topological polar surface area (TPSA) is 67.3 Å². The van der Waals surface area contributed by atoms with Crippen molar-refractivity contribution in [1.29, 1.82) is 0 Å². The van der Waals surface area contributed by atoms with Gasteiger partial charge in [-0.25, -0.2) is 4.79 Å². The van der Waals surface area contributed by atoms with E-state index in [1.54, 1.807) is 11.3 Å². The number of carbonyl (C=O) groups is 1. The zero-order valence-electron chi connectivity index (χ0n) is 14.8. The molecule has 1 aliphatic rings. The maximum atomic E-state index is 12.2. The summed E-state index contributed by atoms with van der Waals surface area (Å²) >= 11 is 1.56. The molecule has 2 rings (SSSR count). The van der Waals surface area contributed by atoms with E-state index in [-0.39, 0.29) is 17.6 Å². The van der Waals surface area contributed by atoms with E-state index in [1.807, 2.05) is 4.90 Å². The number of nitrogens with one attached hydrogen (secondary N) is 1. The molecule has 6 nitrogen and oxygen atoms in total. The van der Waals surface area contributed by atoms with Gasteiger partial charge in [0.1, 0.15) is 10.0 Å². The van der Waals surface area contributed by atoms with E-state index in [9.17, 15) is 4.79 Å². The van der Waals surface area contributed by atoms with Gasteiger partial charge in [-0.1, -0.05) is 46.0 Å². The monoisotopic (exact) mass is 340 g/mol. The molecule has 2 amide bonds. The van der Waals surface area contributed by atoms with Crippen LogP contribution in [-0.2, 0) is 16.7 Å². The number of nitrogens with zero attached hydrogens (tertiary/aromatic N) is 3. The van der Waals surface area contributed by atoms with E-state index in [4.69, 9.17) is 4.74 Å². The summed E-state index contributed by atoms with van der Waals surface area (Å²) in [6, 6.07) is -0.0480. The van der Waals surface area contributed by atoms with Crippen LogP contribution in [0, 0.1) is 5.92 Å². The van der Waals surface area contributed by atoms with Gasteiger partial charge in [-0.05, 0) is 12.3 Å². The summed E-state index contributed by atoms with van der Waals surface area (Å²) in [4.78, 5) is 14.0. The molecule has 1 aliphatic heterocycles. The van der Waals surface area contributed by atoms with Crippen molar-refractivity contribution in [2.45, 2.75) is 59.1 Å². The highest BCUT2D eigenvalue weighted by Gasteiger charge is 2.27. The number of hydrogen-bond donors (Lipinski definition) is 1. The second kappa shape index (κ2) is 7.57. The molecule has 1 unspecified atom stereocenters.